The second-order valence-electron chi connectivity index (χ2n) is 7.37. The number of aromatic nitrogens is 3. The van der Waals surface area contributed by atoms with Crippen LogP contribution in [0, 0.1) is 12.5 Å². The number of anilines is 4. The Morgan fingerprint density at radius 2 is 1.96 bits per heavy atom. The number of hydrogen-bond acceptors (Lipinski definition) is 7. The van der Waals surface area contributed by atoms with Crippen molar-refractivity contribution in [3.05, 3.63) is 36.1 Å². The molecule has 3 N–H and O–H groups in total. The topological polar surface area (TPSA) is 82.4 Å². The van der Waals surface area contributed by atoms with Crippen LogP contribution in [-0.2, 0) is 0 Å². The van der Waals surface area contributed by atoms with Gasteiger partial charge in [0.15, 0.2) is 12.0 Å². The summed E-state index contributed by atoms with van der Waals surface area (Å²) in [5.41, 5.74) is 2.27. The van der Waals surface area contributed by atoms with Crippen LogP contribution in [-0.4, -0.2) is 47.7 Å². The van der Waals surface area contributed by atoms with E-state index in [-0.39, 0.29) is 5.82 Å². The Bertz CT molecular complexity index is 817. The molecule has 0 aromatic carbocycles. The molecule has 2 aliphatic heterocycles. The van der Waals surface area contributed by atoms with Gasteiger partial charge in [-0.25, -0.2) is 9.97 Å². The second kappa shape index (κ2) is 8.85. The van der Waals surface area contributed by atoms with Gasteiger partial charge in [0, 0.05) is 25.7 Å². The Balaban J connectivity index is 1.51. The summed E-state index contributed by atoms with van der Waals surface area (Å²) in [6.07, 6.45) is 9.93. The highest BCUT2D eigenvalue weighted by Gasteiger charge is 2.19. The standard InChI is InChI=1S/C20H26N8/c1-21-19-13-26-20(14-25-19)27-18-9-16(23-11-15-5-4-6-22-10-15)17(12-24-18)28-7-2-3-8-28/h9,12-15,22H,2-8,10-11H2,(H2,23,24,26,27). The minimum atomic E-state index is 0.284. The number of pyridine rings is 1. The van der Waals surface area contributed by atoms with Crippen molar-refractivity contribution in [1.29, 1.82) is 0 Å². The zero-order chi connectivity index (χ0) is 19.2. The molecule has 0 saturated carbocycles. The highest BCUT2D eigenvalue weighted by Crippen LogP contribution is 2.31. The third kappa shape index (κ3) is 4.49. The number of hydrogen-bond donors (Lipinski definition) is 3. The van der Waals surface area contributed by atoms with E-state index in [0.29, 0.717) is 11.7 Å². The molecule has 2 saturated heterocycles. The predicted octanol–water partition coefficient (Wildman–Crippen LogP) is 3.18. The van der Waals surface area contributed by atoms with Crippen LogP contribution >= 0.6 is 0 Å². The molecule has 1 atom stereocenters. The van der Waals surface area contributed by atoms with Gasteiger partial charge in [-0.2, -0.15) is 0 Å². The highest BCUT2D eigenvalue weighted by molar-refractivity contribution is 5.73. The third-order valence-electron chi connectivity index (χ3n) is 5.32. The van der Waals surface area contributed by atoms with Gasteiger partial charge in [0.2, 0.25) is 0 Å². The van der Waals surface area contributed by atoms with E-state index in [2.05, 4.69) is 40.6 Å². The summed E-state index contributed by atoms with van der Waals surface area (Å²) in [7, 11) is 0. The van der Waals surface area contributed by atoms with Gasteiger partial charge in [0.25, 0.3) is 5.82 Å². The number of nitrogens with one attached hydrogen (secondary N) is 3. The van der Waals surface area contributed by atoms with E-state index >= 15 is 0 Å². The quantitative estimate of drug-likeness (QED) is 0.666. The van der Waals surface area contributed by atoms with Crippen molar-refractivity contribution >= 4 is 28.8 Å². The summed E-state index contributed by atoms with van der Waals surface area (Å²) >= 11 is 0. The van der Waals surface area contributed by atoms with E-state index in [1.807, 2.05) is 12.3 Å². The van der Waals surface area contributed by atoms with Gasteiger partial charge < -0.3 is 25.7 Å². The van der Waals surface area contributed by atoms with Crippen LogP contribution in [0.3, 0.4) is 0 Å². The van der Waals surface area contributed by atoms with Gasteiger partial charge in [-0.15, -0.1) is 4.98 Å². The Labute approximate surface area is 165 Å². The van der Waals surface area contributed by atoms with Crippen molar-refractivity contribution in [2.75, 3.05) is 48.3 Å². The predicted molar refractivity (Wildman–Crippen MR) is 111 cm³/mol. The smallest absolute Gasteiger partial charge is 0.288 e. The Morgan fingerprint density at radius 3 is 2.68 bits per heavy atom. The molecule has 2 aromatic rings. The first kappa shape index (κ1) is 18.4. The maximum absolute atomic E-state index is 6.97. The van der Waals surface area contributed by atoms with E-state index in [9.17, 15) is 0 Å². The summed E-state index contributed by atoms with van der Waals surface area (Å²) in [5, 5.41) is 10.3. The zero-order valence-electron chi connectivity index (χ0n) is 16.0. The fourth-order valence-corrected chi connectivity index (χ4v) is 3.80. The van der Waals surface area contributed by atoms with Gasteiger partial charge in [-0.05, 0) is 44.7 Å². The normalized spacial score (nSPS) is 19.2. The van der Waals surface area contributed by atoms with Crippen LogP contribution in [0.5, 0.6) is 0 Å². The van der Waals surface area contributed by atoms with E-state index in [1.165, 1.54) is 37.6 Å². The first-order valence-corrected chi connectivity index (χ1v) is 9.98. The van der Waals surface area contributed by atoms with Crippen LogP contribution in [0.1, 0.15) is 25.7 Å². The van der Waals surface area contributed by atoms with Crippen molar-refractivity contribution in [1.82, 2.24) is 20.3 Å². The van der Waals surface area contributed by atoms with Crippen LogP contribution < -0.4 is 20.9 Å². The third-order valence-corrected chi connectivity index (χ3v) is 5.32. The molecule has 28 heavy (non-hydrogen) atoms. The summed E-state index contributed by atoms with van der Waals surface area (Å²) in [5.74, 6) is 2.23. The molecular formula is C20H26N8. The zero-order valence-corrected chi connectivity index (χ0v) is 16.0. The van der Waals surface area contributed by atoms with Crippen LogP contribution in [0.25, 0.3) is 4.85 Å². The lowest BCUT2D eigenvalue weighted by Gasteiger charge is -2.26. The van der Waals surface area contributed by atoms with Crippen LogP contribution in [0.2, 0.25) is 0 Å². The molecule has 2 aromatic heterocycles. The molecule has 4 rings (SSSR count). The minimum absolute atomic E-state index is 0.284. The molecule has 0 amide bonds. The maximum Gasteiger partial charge on any atom is 0.288 e. The monoisotopic (exact) mass is 378 g/mol. The Hall–Kier alpha value is -2.92. The number of rotatable bonds is 6. The molecule has 0 aliphatic carbocycles. The van der Waals surface area contributed by atoms with Crippen molar-refractivity contribution in [2.24, 2.45) is 5.92 Å². The molecule has 1 unspecified atom stereocenters. The SMILES string of the molecule is [C-]#[N+]c1cnc(Nc2cc(NCC3CCCNC3)c(N3CCCC3)cn2)cn1. The first-order valence-electron chi connectivity index (χ1n) is 9.98. The summed E-state index contributed by atoms with van der Waals surface area (Å²) < 4.78 is 0. The van der Waals surface area contributed by atoms with Crippen molar-refractivity contribution in [3.63, 3.8) is 0 Å². The molecule has 0 radical (unpaired) electrons. The molecular weight excluding hydrogens is 352 g/mol. The van der Waals surface area contributed by atoms with Crippen molar-refractivity contribution < 1.29 is 0 Å². The van der Waals surface area contributed by atoms with Gasteiger partial charge in [0.1, 0.15) is 5.82 Å². The molecule has 146 valence electrons. The average molecular weight is 378 g/mol. The van der Waals surface area contributed by atoms with Crippen molar-refractivity contribution in [3.8, 4) is 0 Å². The van der Waals surface area contributed by atoms with Gasteiger partial charge in [-0.1, -0.05) is 6.57 Å². The van der Waals surface area contributed by atoms with Gasteiger partial charge in [-0.3, -0.25) is 0 Å². The lowest BCUT2D eigenvalue weighted by atomic mass is 10.00. The van der Waals surface area contributed by atoms with Crippen LogP contribution in [0.4, 0.5) is 28.8 Å². The summed E-state index contributed by atoms with van der Waals surface area (Å²) in [6, 6.07) is 2.05. The Kier molecular flexibility index (Phi) is 5.83. The van der Waals surface area contributed by atoms with E-state index in [4.69, 9.17) is 6.57 Å². The Morgan fingerprint density at radius 1 is 1.11 bits per heavy atom. The fourth-order valence-electron chi connectivity index (χ4n) is 3.80. The molecule has 2 aliphatic rings. The maximum atomic E-state index is 6.97. The molecule has 8 heteroatoms. The second-order valence-corrected chi connectivity index (χ2v) is 7.37. The molecule has 0 bridgehead atoms. The highest BCUT2D eigenvalue weighted by atomic mass is 15.2. The summed E-state index contributed by atoms with van der Waals surface area (Å²) in [4.78, 5) is 18.5. The minimum Gasteiger partial charge on any atom is -0.383 e. The van der Waals surface area contributed by atoms with Crippen LogP contribution in [0.15, 0.2) is 24.7 Å². The lowest BCUT2D eigenvalue weighted by molar-refractivity contribution is 0.393. The van der Waals surface area contributed by atoms with E-state index in [0.717, 1.165) is 44.2 Å². The summed E-state index contributed by atoms with van der Waals surface area (Å²) in [6.45, 7) is 12.3. The average Bonchev–Trinajstić information content (AvgIpc) is 3.28. The van der Waals surface area contributed by atoms with Crippen molar-refractivity contribution in [2.45, 2.75) is 25.7 Å². The largest absolute Gasteiger partial charge is 0.383 e. The fraction of sp³-hybridized carbons (Fsp3) is 0.500. The van der Waals surface area contributed by atoms with E-state index in [1.54, 1.807) is 6.20 Å². The molecule has 0 spiro atoms. The molecule has 8 nitrogen and oxygen atoms in total. The molecule has 4 heterocycles. The number of piperidine rings is 1. The van der Waals surface area contributed by atoms with E-state index < -0.39 is 0 Å². The lowest BCUT2D eigenvalue weighted by Crippen LogP contribution is -2.33. The number of nitrogens with zero attached hydrogens (tertiary/aromatic N) is 5. The first-order chi connectivity index (χ1) is 13.8. The molecule has 2 fully saturated rings. The van der Waals surface area contributed by atoms with Gasteiger partial charge >= 0.3 is 0 Å². The van der Waals surface area contributed by atoms with Gasteiger partial charge in [0.05, 0.1) is 23.8 Å².